The van der Waals surface area contributed by atoms with Crippen molar-refractivity contribution in [3.63, 3.8) is 0 Å². The number of nitrogens with zero attached hydrogens (tertiary/aromatic N) is 2. The van der Waals surface area contributed by atoms with E-state index in [2.05, 4.69) is 24.8 Å². The van der Waals surface area contributed by atoms with Gasteiger partial charge in [-0.2, -0.15) is 8.42 Å². The number of pyridine rings is 1. The van der Waals surface area contributed by atoms with Crippen LogP contribution in [0.25, 0.3) is 22.1 Å². The van der Waals surface area contributed by atoms with Crippen molar-refractivity contribution in [1.82, 2.24) is 0 Å². The van der Waals surface area contributed by atoms with Crippen molar-refractivity contribution < 1.29 is 31.9 Å². The summed E-state index contributed by atoms with van der Waals surface area (Å²) in [6.45, 7) is 6.35. The average Bonchev–Trinajstić information content (AvgIpc) is 2.81. The summed E-state index contributed by atoms with van der Waals surface area (Å²) < 4.78 is 38.4. The van der Waals surface area contributed by atoms with Crippen molar-refractivity contribution in [2.75, 3.05) is 23.7 Å². The molecule has 1 aromatic carbocycles. The summed E-state index contributed by atoms with van der Waals surface area (Å²) in [6.07, 6.45) is 6.15. The van der Waals surface area contributed by atoms with E-state index in [1.807, 2.05) is 41.2 Å². The number of carboxylic acids is 1. The van der Waals surface area contributed by atoms with Gasteiger partial charge in [0.1, 0.15) is 12.1 Å². The first-order chi connectivity index (χ1) is 17.4. The Bertz CT molecular complexity index is 1480. The number of fused-ring (bicyclic) bond motifs is 2. The van der Waals surface area contributed by atoms with Crippen LogP contribution in [-0.4, -0.2) is 42.9 Å². The molecule has 0 unspecified atom stereocenters. The topological polar surface area (TPSA) is 129 Å². The Morgan fingerprint density at radius 3 is 2.70 bits per heavy atom. The highest BCUT2D eigenvalue weighted by atomic mass is 32.2. The third kappa shape index (κ3) is 6.56. The van der Waals surface area contributed by atoms with Crippen molar-refractivity contribution in [3.8, 4) is 11.1 Å². The Balaban J connectivity index is 1.64. The van der Waals surface area contributed by atoms with Gasteiger partial charge in [0.25, 0.3) is 10.1 Å². The molecule has 2 aromatic heterocycles. The van der Waals surface area contributed by atoms with E-state index in [9.17, 15) is 18.0 Å². The maximum absolute atomic E-state index is 13.0. The Morgan fingerprint density at radius 2 is 1.97 bits per heavy atom. The Hall–Kier alpha value is -3.24. The Kier molecular flexibility index (Phi) is 7.70. The zero-order chi connectivity index (χ0) is 26.8. The van der Waals surface area contributed by atoms with Crippen LogP contribution in [0.5, 0.6) is 0 Å². The largest absolute Gasteiger partial charge is 0.481 e. The lowest BCUT2D eigenvalue weighted by atomic mass is 9.77. The van der Waals surface area contributed by atoms with Crippen LogP contribution in [0.15, 0.2) is 51.9 Å². The lowest BCUT2D eigenvalue weighted by molar-refractivity contribution is -0.696. The number of anilines is 1. The highest BCUT2D eigenvalue weighted by Gasteiger charge is 2.32. The number of hydrogen-bond acceptors (Lipinski definition) is 6. The summed E-state index contributed by atoms with van der Waals surface area (Å²) >= 11 is 0. The summed E-state index contributed by atoms with van der Waals surface area (Å²) in [6, 6.07) is 9.48. The predicted molar refractivity (Wildman–Crippen MR) is 140 cm³/mol. The summed E-state index contributed by atoms with van der Waals surface area (Å²) in [4.78, 5) is 26.1. The van der Waals surface area contributed by atoms with Gasteiger partial charge in [0, 0.05) is 49.1 Å². The fraction of sp³-hybridized carbons (Fsp3) is 0.444. The maximum Gasteiger partial charge on any atom is 0.344 e. The van der Waals surface area contributed by atoms with Gasteiger partial charge in [-0.15, -0.1) is 0 Å². The van der Waals surface area contributed by atoms with Crippen LogP contribution < -0.4 is 15.1 Å². The van der Waals surface area contributed by atoms with Gasteiger partial charge in [-0.3, -0.25) is 9.35 Å². The van der Waals surface area contributed by atoms with Crippen LogP contribution in [-0.2, 0) is 26.9 Å². The molecule has 1 aliphatic heterocycles. The van der Waals surface area contributed by atoms with Crippen molar-refractivity contribution in [2.24, 2.45) is 0 Å². The fourth-order valence-corrected chi connectivity index (χ4v) is 5.45. The second-order valence-electron chi connectivity index (χ2n) is 10.3. The maximum atomic E-state index is 13.0. The van der Waals surface area contributed by atoms with E-state index >= 15 is 0 Å². The lowest BCUT2D eigenvalue weighted by Gasteiger charge is -2.40. The van der Waals surface area contributed by atoms with E-state index in [-0.39, 0.29) is 17.6 Å². The molecule has 1 aliphatic rings. The van der Waals surface area contributed by atoms with Crippen LogP contribution in [0.2, 0.25) is 0 Å². The first kappa shape index (κ1) is 26.8. The molecule has 0 saturated carbocycles. The highest BCUT2D eigenvalue weighted by Crippen LogP contribution is 2.42. The molecule has 9 nitrogen and oxygen atoms in total. The molecular weight excluding hydrogens is 496 g/mol. The van der Waals surface area contributed by atoms with E-state index in [1.165, 1.54) is 0 Å². The minimum atomic E-state index is -3.97. The summed E-state index contributed by atoms with van der Waals surface area (Å²) in [5, 5.41) is 9.83. The minimum absolute atomic E-state index is 0.0824. The van der Waals surface area contributed by atoms with Crippen molar-refractivity contribution in [1.29, 1.82) is 0 Å². The number of hydrogen-bond donors (Lipinski definition) is 2. The van der Waals surface area contributed by atoms with Crippen LogP contribution in [0.3, 0.4) is 0 Å². The van der Waals surface area contributed by atoms with E-state index in [4.69, 9.17) is 14.1 Å². The van der Waals surface area contributed by atoms with Crippen molar-refractivity contribution in [3.05, 3.63) is 58.7 Å². The third-order valence-corrected chi connectivity index (χ3v) is 7.79. The van der Waals surface area contributed by atoms with Crippen molar-refractivity contribution >= 4 is 32.7 Å². The van der Waals surface area contributed by atoms with E-state index < -0.39 is 21.7 Å². The number of aryl methyl sites for hydroxylation is 1. The molecule has 0 atom stereocenters. The van der Waals surface area contributed by atoms with Gasteiger partial charge < -0.3 is 14.4 Å². The number of carbonyl (C=O) groups is 1. The normalized spacial score (nSPS) is 15.1. The fourth-order valence-electron chi connectivity index (χ4n) is 4.88. The Morgan fingerprint density at radius 1 is 1.19 bits per heavy atom. The Labute approximate surface area is 216 Å². The zero-order valence-corrected chi connectivity index (χ0v) is 22.0. The van der Waals surface area contributed by atoms with Crippen LogP contribution in [0.4, 0.5) is 5.69 Å². The van der Waals surface area contributed by atoms with Gasteiger partial charge in [-0.1, -0.05) is 13.8 Å². The van der Waals surface area contributed by atoms with E-state index in [1.54, 1.807) is 0 Å². The minimum Gasteiger partial charge on any atom is -0.481 e. The van der Waals surface area contributed by atoms with Gasteiger partial charge in [0.05, 0.1) is 16.9 Å². The molecule has 0 radical (unpaired) electrons. The molecule has 3 heterocycles. The first-order valence-corrected chi connectivity index (χ1v) is 14.1. The molecule has 4 rings (SSSR count). The third-order valence-electron chi connectivity index (χ3n) is 6.98. The summed E-state index contributed by atoms with van der Waals surface area (Å²) in [5.74, 6) is -1.09. The molecule has 0 amide bonds. The number of aliphatic carboxylic acids is 1. The lowest BCUT2D eigenvalue weighted by Crippen LogP contribution is -2.38. The highest BCUT2D eigenvalue weighted by molar-refractivity contribution is 7.85. The summed E-state index contributed by atoms with van der Waals surface area (Å²) in [7, 11) is -3.97. The molecule has 3 aromatic rings. The number of rotatable bonds is 10. The van der Waals surface area contributed by atoms with Crippen LogP contribution in [0.1, 0.15) is 51.5 Å². The molecule has 37 heavy (non-hydrogen) atoms. The smallest absolute Gasteiger partial charge is 0.344 e. The van der Waals surface area contributed by atoms with Gasteiger partial charge in [0.15, 0.2) is 12.4 Å². The molecule has 0 aliphatic carbocycles. The molecule has 2 N–H and O–H groups in total. The van der Waals surface area contributed by atoms with Crippen LogP contribution >= 0.6 is 0 Å². The first-order valence-electron chi connectivity index (χ1n) is 12.5. The monoisotopic (exact) mass is 529 g/mol. The molecular formula is C27H33N2O7S+. The van der Waals surface area contributed by atoms with E-state index in [0.29, 0.717) is 49.1 Å². The second kappa shape index (κ2) is 10.6. The number of aromatic nitrogens is 1. The predicted octanol–water partition coefficient (Wildman–Crippen LogP) is 3.77. The van der Waals surface area contributed by atoms with Gasteiger partial charge in [-0.05, 0) is 48.4 Å². The van der Waals surface area contributed by atoms with Gasteiger partial charge in [-0.25, -0.2) is 9.36 Å². The molecule has 0 spiro atoms. The number of carboxylic acid groups (broad SMARTS) is 1. The standard InChI is InChI=1S/C27H32N2O7S/c1-27(2)9-13-29(12-6-8-25(30)31)23-17-24-20(16-22(23)27)15-21(26(32)36-24)19-7-5-11-28(18-19)10-3-4-14-37(33,34)35/h5,7,11,15-18H,3-4,6,8-10,12-14H2,1-2H3,(H-,30,31,33,34,35)/p+1. The number of unbranched alkanes of at least 4 members (excludes halogenated alkanes) is 1. The van der Waals surface area contributed by atoms with Gasteiger partial charge >= 0.3 is 11.6 Å². The van der Waals surface area contributed by atoms with Crippen LogP contribution in [0, 0.1) is 0 Å². The molecule has 10 heteroatoms. The van der Waals surface area contributed by atoms with Gasteiger partial charge in [0.2, 0.25) is 0 Å². The molecule has 0 saturated heterocycles. The average molecular weight is 530 g/mol. The second-order valence-corrected chi connectivity index (χ2v) is 11.9. The van der Waals surface area contributed by atoms with Crippen molar-refractivity contribution in [2.45, 2.75) is 57.9 Å². The zero-order valence-electron chi connectivity index (χ0n) is 21.1. The number of benzene rings is 1. The molecule has 0 bridgehead atoms. The van der Waals surface area contributed by atoms with E-state index in [0.717, 1.165) is 29.6 Å². The quantitative estimate of drug-likeness (QED) is 0.176. The molecule has 0 fully saturated rings. The SMILES string of the molecule is CC1(C)CCN(CCCC(=O)O)c2cc3oc(=O)c(-c4ccc[n+](CCCCS(=O)(=O)O)c4)cc3cc21. The summed E-state index contributed by atoms with van der Waals surface area (Å²) in [5.41, 5.74) is 3.20. The molecule has 198 valence electrons.